The summed E-state index contributed by atoms with van der Waals surface area (Å²) in [5, 5.41) is 10.0. The van der Waals surface area contributed by atoms with Gasteiger partial charge in [0.15, 0.2) is 5.96 Å². The summed E-state index contributed by atoms with van der Waals surface area (Å²) >= 11 is 0. The van der Waals surface area contributed by atoms with Gasteiger partial charge in [-0.15, -0.1) is 0 Å². The first-order valence-corrected chi connectivity index (χ1v) is 15.1. The molecule has 2 aromatic rings. The highest BCUT2D eigenvalue weighted by molar-refractivity contribution is 5.96. The summed E-state index contributed by atoms with van der Waals surface area (Å²) in [6.45, 7) is 14.7. The summed E-state index contributed by atoms with van der Waals surface area (Å²) in [6, 6.07) is 13.0. The van der Waals surface area contributed by atoms with Gasteiger partial charge in [-0.3, -0.25) is 4.79 Å². The van der Waals surface area contributed by atoms with Crippen LogP contribution in [-0.2, 0) is 6.42 Å². The molecule has 224 valence electrons. The van der Waals surface area contributed by atoms with E-state index in [1.165, 1.54) is 26.0 Å². The van der Waals surface area contributed by atoms with E-state index in [1.807, 2.05) is 24.3 Å². The molecule has 4 atom stereocenters. The van der Waals surface area contributed by atoms with Crippen LogP contribution in [0.4, 0.5) is 10.1 Å². The van der Waals surface area contributed by atoms with Crippen LogP contribution in [0.2, 0.25) is 0 Å². The number of aliphatic imine (C=N–C) groups is 1. The van der Waals surface area contributed by atoms with E-state index in [1.54, 1.807) is 12.1 Å². The Bertz CT molecular complexity index is 1190. The number of piperazine rings is 1. The molecule has 0 bridgehead atoms. The fourth-order valence-electron chi connectivity index (χ4n) is 6.32. The summed E-state index contributed by atoms with van der Waals surface area (Å²) in [7, 11) is 1.51. The number of hydrogen-bond acceptors (Lipinski definition) is 4. The van der Waals surface area contributed by atoms with Gasteiger partial charge in [-0.2, -0.15) is 0 Å². The molecule has 1 saturated carbocycles. The maximum Gasteiger partial charge on any atom is 0.251 e. The van der Waals surface area contributed by atoms with Crippen LogP contribution in [0.25, 0.3) is 0 Å². The fraction of sp³-hybridized carbons (Fsp3) is 0.576. The normalized spacial score (nSPS) is 23.7. The van der Waals surface area contributed by atoms with Crippen molar-refractivity contribution >= 4 is 17.6 Å². The molecule has 0 spiro atoms. The Morgan fingerprint density at radius 3 is 2.56 bits per heavy atom. The number of halogens is 1. The Morgan fingerprint density at radius 1 is 1.15 bits per heavy atom. The molecular formula is C33H48FN5O2. The predicted octanol–water partition coefficient (Wildman–Crippen LogP) is 5.72. The minimum absolute atomic E-state index is 0.181. The van der Waals surface area contributed by atoms with Crippen LogP contribution >= 0.6 is 0 Å². The molecule has 41 heavy (non-hydrogen) atoms. The van der Waals surface area contributed by atoms with E-state index in [2.05, 4.69) is 55.5 Å². The average molecular weight is 566 g/mol. The van der Waals surface area contributed by atoms with E-state index in [0.29, 0.717) is 47.7 Å². The van der Waals surface area contributed by atoms with Crippen LogP contribution in [0.5, 0.6) is 5.75 Å². The van der Waals surface area contributed by atoms with Crippen LogP contribution in [0, 0.1) is 23.1 Å². The SMILES string of the molecule is COc1ccc(CCNC(=O)c2ccc(N/C(=N/[C@H]3CCC[C@H](C(C)(C)C)[C@@H]3C)N3CCN[C@@H](C)C3)cc2)c(F)c1. The molecule has 2 aromatic carbocycles. The molecule has 1 saturated heterocycles. The number of carbonyl (C=O) groups is 1. The van der Waals surface area contributed by atoms with Gasteiger partial charge in [-0.25, -0.2) is 9.38 Å². The van der Waals surface area contributed by atoms with Crippen molar-refractivity contribution in [1.82, 2.24) is 15.5 Å². The van der Waals surface area contributed by atoms with Gasteiger partial charge in [-0.05, 0) is 79.3 Å². The first-order valence-electron chi connectivity index (χ1n) is 15.1. The lowest BCUT2D eigenvalue weighted by Crippen LogP contribution is -2.53. The number of rotatable bonds is 7. The average Bonchev–Trinajstić information content (AvgIpc) is 2.94. The zero-order valence-corrected chi connectivity index (χ0v) is 25.6. The van der Waals surface area contributed by atoms with Crippen molar-refractivity contribution in [2.24, 2.45) is 22.2 Å². The molecule has 3 N–H and O–H groups in total. The first-order chi connectivity index (χ1) is 19.5. The Labute approximate surface area is 245 Å². The maximum absolute atomic E-state index is 14.2. The van der Waals surface area contributed by atoms with E-state index >= 15 is 0 Å². The van der Waals surface area contributed by atoms with Crippen LogP contribution in [0.3, 0.4) is 0 Å². The first kappa shape index (κ1) is 30.8. The molecule has 7 nitrogen and oxygen atoms in total. The van der Waals surface area contributed by atoms with Crippen molar-refractivity contribution in [2.45, 2.75) is 72.4 Å². The number of ether oxygens (including phenoxy) is 1. The number of methoxy groups -OCH3 is 1. The Balaban J connectivity index is 1.42. The molecule has 1 aliphatic carbocycles. The van der Waals surface area contributed by atoms with E-state index in [4.69, 9.17) is 9.73 Å². The Kier molecular flexibility index (Phi) is 10.3. The zero-order chi connectivity index (χ0) is 29.6. The molecule has 1 amide bonds. The number of carbonyl (C=O) groups excluding carboxylic acids is 1. The molecule has 8 heteroatoms. The second kappa shape index (κ2) is 13.7. The summed E-state index contributed by atoms with van der Waals surface area (Å²) in [5.41, 5.74) is 2.28. The third-order valence-electron chi connectivity index (χ3n) is 8.67. The van der Waals surface area contributed by atoms with Crippen molar-refractivity contribution < 1.29 is 13.9 Å². The summed E-state index contributed by atoms with van der Waals surface area (Å²) in [5.74, 6) is 2.04. The molecule has 1 aliphatic heterocycles. The molecule has 0 aromatic heterocycles. The third-order valence-corrected chi connectivity index (χ3v) is 8.67. The van der Waals surface area contributed by atoms with Gasteiger partial charge in [0.25, 0.3) is 5.91 Å². The molecular weight excluding hydrogens is 517 g/mol. The lowest BCUT2D eigenvalue weighted by Gasteiger charge is -2.43. The highest BCUT2D eigenvalue weighted by Gasteiger charge is 2.37. The summed E-state index contributed by atoms with van der Waals surface area (Å²) in [4.78, 5) is 20.5. The predicted molar refractivity (Wildman–Crippen MR) is 165 cm³/mol. The van der Waals surface area contributed by atoms with Crippen LogP contribution in [-0.4, -0.2) is 62.1 Å². The highest BCUT2D eigenvalue weighted by Crippen LogP contribution is 2.42. The van der Waals surface area contributed by atoms with Crippen LogP contribution in [0.1, 0.15) is 69.8 Å². The summed E-state index contributed by atoms with van der Waals surface area (Å²) in [6.07, 6.45) is 3.99. The summed E-state index contributed by atoms with van der Waals surface area (Å²) < 4.78 is 19.3. The largest absolute Gasteiger partial charge is 0.497 e. The van der Waals surface area contributed by atoms with Crippen molar-refractivity contribution in [2.75, 3.05) is 38.6 Å². The lowest BCUT2D eigenvalue weighted by molar-refractivity contribution is 0.0954. The molecule has 4 rings (SSSR count). The zero-order valence-electron chi connectivity index (χ0n) is 25.6. The molecule has 2 fully saturated rings. The second-order valence-corrected chi connectivity index (χ2v) is 12.7. The minimum Gasteiger partial charge on any atom is -0.497 e. The number of hydrogen-bond donors (Lipinski definition) is 3. The Hall–Kier alpha value is -3.13. The van der Waals surface area contributed by atoms with Crippen molar-refractivity contribution in [1.29, 1.82) is 0 Å². The van der Waals surface area contributed by atoms with Gasteiger partial charge in [0.2, 0.25) is 0 Å². The van der Waals surface area contributed by atoms with Gasteiger partial charge < -0.3 is 25.6 Å². The number of nitrogens with one attached hydrogen (secondary N) is 3. The second-order valence-electron chi connectivity index (χ2n) is 12.7. The number of nitrogens with zero attached hydrogens (tertiary/aromatic N) is 2. The van der Waals surface area contributed by atoms with Gasteiger partial charge in [0, 0.05) is 49.5 Å². The van der Waals surface area contributed by atoms with Gasteiger partial charge in [0.05, 0.1) is 13.2 Å². The number of amides is 1. The minimum atomic E-state index is -0.332. The standard InChI is InChI=1S/C33H48FN5O2/c1-22-21-39(19-18-35-22)32(38-30-9-7-8-28(23(30)2)33(3,4)5)37-26-13-10-25(11-14-26)31(40)36-17-16-24-12-15-27(41-6)20-29(24)34/h10-15,20,22-23,28,30,35H,7-9,16-19,21H2,1-6H3,(H,36,40)(H,37,38)/t22-,23-,28-,30-/m0/s1. The number of guanidine groups is 1. The quantitative estimate of drug-likeness (QED) is 0.296. The van der Waals surface area contributed by atoms with Gasteiger partial charge in [0.1, 0.15) is 11.6 Å². The Morgan fingerprint density at radius 2 is 1.90 bits per heavy atom. The third kappa shape index (κ3) is 8.22. The molecule has 0 unspecified atom stereocenters. The monoisotopic (exact) mass is 565 g/mol. The number of benzene rings is 2. The van der Waals surface area contributed by atoms with Crippen LogP contribution < -0.4 is 20.7 Å². The van der Waals surface area contributed by atoms with E-state index < -0.39 is 0 Å². The fourth-order valence-corrected chi connectivity index (χ4v) is 6.32. The molecule has 1 heterocycles. The lowest BCUT2D eigenvalue weighted by atomic mass is 9.65. The topological polar surface area (TPSA) is 78.0 Å². The van der Waals surface area contributed by atoms with Crippen molar-refractivity contribution in [3.63, 3.8) is 0 Å². The van der Waals surface area contributed by atoms with E-state index in [-0.39, 0.29) is 23.2 Å². The van der Waals surface area contributed by atoms with Crippen molar-refractivity contribution in [3.05, 3.63) is 59.4 Å². The van der Waals surface area contributed by atoms with Gasteiger partial charge >= 0.3 is 0 Å². The molecule has 0 radical (unpaired) electrons. The van der Waals surface area contributed by atoms with E-state index in [0.717, 1.165) is 37.7 Å². The smallest absolute Gasteiger partial charge is 0.251 e. The van der Waals surface area contributed by atoms with E-state index in [9.17, 15) is 9.18 Å². The highest BCUT2D eigenvalue weighted by atomic mass is 19.1. The van der Waals surface area contributed by atoms with Crippen LogP contribution in [0.15, 0.2) is 47.5 Å². The van der Waals surface area contributed by atoms with Crippen molar-refractivity contribution in [3.8, 4) is 5.75 Å². The maximum atomic E-state index is 14.2. The van der Waals surface area contributed by atoms with Gasteiger partial charge in [-0.1, -0.05) is 40.2 Å². The molecule has 2 aliphatic rings. The number of anilines is 1.